The van der Waals surface area contributed by atoms with Crippen LogP contribution in [0.5, 0.6) is 0 Å². The molecule has 0 spiro atoms. The van der Waals surface area contributed by atoms with E-state index in [4.69, 9.17) is 0 Å². The lowest BCUT2D eigenvalue weighted by atomic mass is 9.78. The van der Waals surface area contributed by atoms with Gasteiger partial charge in [0, 0.05) is 48.9 Å². The smallest absolute Gasteiger partial charge is 0.254 e. The molecule has 1 aromatic heterocycles. The molecule has 1 aromatic rings. The molecule has 2 aliphatic heterocycles. The van der Waals surface area contributed by atoms with E-state index in [0.29, 0.717) is 31.0 Å². The number of carbonyl (C=O) groups is 2. The van der Waals surface area contributed by atoms with Gasteiger partial charge in [-0.25, -0.2) is 13.1 Å². The molecule has 0 unspecified atom stereocenters. The van der Waals surface area contributed by atoms with Crippen LogP contribution < -0.4 is 4.72 Å². The summed E-state index contributed by atoms with van der Waals surface area (Å²) in [6.07, 6.45) is 10.4. The topological polar surface area (TPSA) is 86.8 Å². The summed E-state index contributed by atoms with van der Waals surface area (Å²) in [5.74, 6) is 1.27. The Morgan fingerprint density at radius 3 is 2.53 bits per heavy atom. The van der Waals surface area contributed by atoms with Gasteiger partial charge in [-0.1, -0.05) is 12.8 Å². The fourth-order valence-electron chi connectivity index (χ4n) is 5.64. The summed E-state index contributed by atoms with van der Waals surface area (Å²) < 4.78 is 24.7. The van der Waals surface area contributed by atoms with Gasteiger partial charge in [0.05, 0.1) is 11.8 Å². The second-order valence-corrected chi connectivity index (χ2v) is 12.3. The molecule has 0 aromatic carbocycles. The minimum absolute atomic E-state index is 0.00576. The first-order valence-corrected chi connectivity index (χ1v) is 14.7. The molecule has 3 fully saturated rings. The Hall–Kier alpha value is -1.45. The molecular formula is C23H35N3O4S2. The molecule has 2 amide bonds. The average Bonchev–Trinajstić information content (AvgIpc) is 3.28. The van der Waals surface area contributed by atoms with Crippen LogP contribution in [0.4, 0.5) is 0 Å². The van der Waals surface area contributed by atoms with Gasteiger partial charge >= 0.3 is 0 Å². The predicted octanol–water partition coefficient (Wildman–Crippen LogP) is 3.19. The van der Waals surface area contributed by atoms with Crippen molar-refractivity contribution < 1.29 is 18.0 Å². The molecule has 1 N–H and O–H groups in total. The molecule has 3 heterocycles. The van der Waals surface area contributed by atoms with Crippen LogP contribution in [0.1, 0.15) is 78.9 Å². The van der Waals surface area contributed by atoms with E-state index in [1.165, 1.54) is 30.6 Å². The van der Waals surface area contributed by atoms with Crippen LogP contribution >= 0.6 is 11.3 Å². The second-order valence-electron chi connectivity index (χ2n) is 9.56. The molecule has 0 radical (unpaired) electrons. The van der Waals surface area contributed by atoms with Crippen LogP contribution in [-0.2, 0) is 14.8 Å². The quantitative estimate of drug-likeness (QED) is 0.676. The lowest BCUT2D eigenvalue weighted by Crippen LogP contribution is -2.49. The van der Waals surface area contributed by atoms with Crippen LogP contribution in [-0.4, -0.2) is 68.5 Å². The van der Waals surface area contributed by atoms with Gasteiger partial charge in [0.15, 0.2) is 0 Å². The molecule has 1 saturated carbocycles. The van der Waals surface area contributed by atoms with E-state index in [-0.39, 0.29) is 24.8 Å². The van der Waals surface area contributed by atoms with Crippen molar-refractivity contribution >= 4 is 33.2 Å². The third-order valence-corrected chi connectivity index (χ3v) is 9.15. The summed E-state index contributed by atoms with van der Waals surface area (Å²) in [4.78, 5) is 30.9. The molecule has 3 aliphatic rings. The highest BCUT2D eigenvalue weighted by Gasteiger charge is 2.36. The van der Waals surface area contributed by atoms with Gasteiger partial charge in [0.1, 0.15) is 0 Å². The number of hydrogen-bond acceptors (Lipinski definition) is 5. The van der Waals surface area contributed by atoms with Gasteiger partial charge in [-0.3, -0.25) is 9.59 Å². The number of carbonyl (C=O) groups excluding carboxylic acids is 2. The lowest BCUT2D eigenvalue weighted by molar-refractivity contribution is -0.132. The summed E-state index contributed by atoms with van der Waals surface area (Å²) in [5.41, 5.74) is 0.835. The number of amides is 2. The minimum Gasteiger partial charge on any atom is -0.343 e. The van der Waals surface area contributed by atoms with Crippen LogP contribution in [0.25, 0.3) is 0 Å². The highest BCUT2D eigenvalue weighted by atomic mass is 32.2. The van der Waals surface area contributed by atoms with E-state index in [1.54, 1.807) is 11.3 Å². The fraction of sp³-hybridized carbons (Fsp3) is 0.739. The SMILES string of the molecule is CS(=O)(=O)NCCC(=O)N1CCC(c2cc(C(=O)N3CCC[C@@H]4CCCC[C@@H]43)cs2)CC1. The van der Waals surface area contributed by atoms with Gasteiger partial charge in [-0.15, -0.1) is 11.3 Å². The van der Waals surface area contributed by atoms with E-state index in [0.717, 1.165) is 44.0 Å². The number of nitrogens with zero attached hydrogens (tertiary/aromatic N) is 2. The van der Waals surface area contributed by atoms with Crippen molar-refractivity contribution in [2.45, 2.75) is 69.7 Å². The zero-order valence-corrected chi connectivity index (χ0v) is 20.6. The maximum Gasteiger partial charge on any atom is 0.254 e. The van der Waals surface area contributed by atoms with Gasteiger partial charge < -0.3 is 9.80 Å². The van der Waals surface area contributed by atoms with Crippen LogP contribution in [0, 0.1) is 5.92 Å². The van der Waals surface area contributed by atoms with Gasteiger partial charge in [0.2, 0.25) is 15.9 Å². The van der Waals surface area contributed by atoms with Crippen LogP contribution in [0.15, 0.2) is 11.4 Å². The normalized spacial score (nSPS) is 24.9. The molecule has 2 saturated heterocycles. The summed E-state index contributed by atoms with van der Waals surface area (Å²) in [7, 11) is -3.27. The Kier molecular flexibility index (Phi) is 7.57. The monoisotopic (exact) mass is 481 g/mol. The fourth-order valence-corrected chi connectivity index (χ4v) is 7.16. The van der Waals surface area contributed by atoms with Gasteiger partial charge in [0.25, 0.3) is 5.91 Å². The number of nitrogens with one attached hydrogen (secondary N) is 1. The number of fused-ring (bicyclic) bond motifs is 1. The molecule has 32 heavy (non-hydrogen) atoms. The molecule has 178 valence electrons. The van der Waals surface area contributed by atoms with E-state index < -0.39 is 10.0 Å². The third-order valence-electron chi connectivity index (χ3n) is 7.32. The van der Waals surface area contributed by atoms with Gasteiger partial charge in [-0.2, -0.15) is 0 Å². The van der Waals surface area contributed by atoms with E-state index in [1.807, 2.05) is 10.3 Å². The Labute approximate surface area is 195 Å². The van der Waals surface area contributed by atoms with Crippen LogP contribution in [0.2, 0.25) is 0 Å². The van der Waals surface area contributed by atoms with Crippen molar-refractivity contribution in [3.63, 3.8) is 0 Å². The highest BCUT2D eigenvalue weighted by molar-refractivity contribution is 7.88. The molecule has 2 atom stereocenters. The Morgan fingerprint density at radius 1 is 1.06 bits per heavy atom. The zero-order chi connectivity index (χ0) is 22.7. The summed E-state index contributed by atoms with van der Waals surface area (Å²) >= 11 is 1.68. The molecule has 4 rings (SSSR count). The predicted molar refractivity (Wildman–Crippen MR) is 126 cm³/mol. The minimum atomic E-state index is -3.27. The lowest BCUT2D eigenvalue weighted by Gasteiger charge is -2.44. The Bertz CT molecular complexity index is 919. The van der Waals surface area contributed by atoms with Crippen molar-refractivity contribution in [1.29, 1.82) is 0 Å². The molecule has 7 nitrogen and oxygen atoms in total. The van der Waals surface area contributed by atoms with Crippen LogP contribution in [0.3, 0.4) is 0 Å². The third kappa shape index (κ3) is 5.72. The Morgan fingerprint density at radius 2 is 1.78 bits per heavy atom. The van der Waals surface area contributed by atoms with E-state index in [9.17, 15) is 18.0 Å². The van der Waals surface area contributed by atoms with Crippen molar-refractivity contribution in [3.8, 4) is 0 Å². The standard InChI is InChI=1S/C23H35N3O4S2/c1-32(29,30)24-11-8-22(27)25-13-9-18(10-14-25)21-15-19(16-31-21)23(28)26-12-4-6-17-5-2-3-7-20(17)26/h15-18,20,24H,2-14H2,1H3/t17-,20-/m0/s1. The maximum atomic E-state index is 13.3. The van der Waals surface area contributed by atoms with Crippen molar-refractivity contribution in [1.82, 2.24) is 14.5 Å². The van der Waals surface area contributed by atoms with Crippen molar-refractivity contribution in [3.05, 3.63) is 21.9 Å². The number of piperidine rings is 2. The number of sulfonamides is 1. The highest BCUT2D eigenvalue weighted by Crippen LogP contribution is 2.37. The van der Waals surface area contributed by atoms with E-state index >= 15 is 0 Å². The number of thiophene rings is 1. The molecular weight excluding hydrogens is 446 g/mol. The first-order valence-electron chi connectivity index (χ1n) is 11.9. The molecule has 0 bridgehead atoms. The molecule has 9 heteroatoms. The summed E-state index contributed by atoms with van der Waals surface area (Å²) in [6.45, 7) is 2.39. The second kappa shape index (κ2) is 10.2. The van der Waals surface area contributed by atoms with Crippen molar-refractivity contribution in [2.75, 3.05) is 32.4 Å². The van der Waals surface area contributed by atoms with Crippen molar-refractivity contribution in [2.24, 2.45) is 5.92 Å². The molecule has 1 aliphatic carbocycles. The average molecular weight is 482 g/mol. The zero-order valence-electron chi connectivity index (χ0n) is 18.9. The van der Waals surface area contributed by atoms with E-state index in [2.05, 4.69) is 15.7 Å². The maximum absolute atomic E-state index is 13.3. The number of likely N-dealkylation sites (tertiary alicyclic amines) is 2. The first-order chi connectivity index (χ1) is 15.3. The summed E-state index contributed by atoms with van der Waals surface area (Å²) in [5, 5.41) is 2.03. The number of rotatable bonds is 6. The number of hydrogen-bond donors (Lipinski definition) is 1. The first kappa shape index (κ1) is 23.7. The largest absolute Gasteiger partial charge is 0.343 e. The Balaban J connectivity index is 1.30. The summed E-state index contributed by atoms with van der Waals surface area (Å²) in [6, 6.07) is 2.53. The van der Waals surface area contributed by atoms with Gasteiger partial charge in [-0.05, 0) is 56.4 Å².